The second-order valence-electron chi connectivity index (χ2n) is 7.30. The molecule has 0 spiro atoms. The number of anilines is 1. The van der Waals surface area contributed by atoms with Gasteiger partial charge in [0.25, 0.3) is 0 Å². The summed E-state index contributed by atoms with van der Waals surface area (Å²) in [5.41, 5.74) is 1.09. The topological polar surface area (TPSA) is 149 Å². The van der Waals surface area contributed by atoms with Gasteiger partial charge in [-0.2, -0.15) is 0 Å². The SMILES string of the molecule is CN1CCC[C@@H]1C(=O)N[C@@H]1C[C@H](O)[C@H](Nc2ncnc3nc[nH]c23)O[C@H]1CO. The van der Waals surface area contributed by atoms with E-state index in [1.165, 1.54) is 12.7 Å². The van der Waals surface area contributed by atoms with Crippen molar-refractivity contribution in [2.24, 2.45) is 0 Å². The third-order valence-electron chi connectivity index (χ3n) is 5.45. The molecule has 2 fully saturated rings. The van der Waals surface area contributed by atoms with E-state index in [1.54, 1.807) is 0 Å². The maximum atomic E-state index is 12.6. The maximum Gasteiger partial charge on any atom is 0.237 e. The lowest BCUT2D eigenvalue weighted by atomic mass is 9.98. The summed E-state index contributed by atoms with van der Waals surface area (Å²) in [6.45, 7) is 0.609. The minimum atomic E-state index is -0.901. The molecule has 4 heterocycles. The number of rotatable bonds is 5. The lowest BCUT2D eigenvalue weighted by Crippen LogP contribution is -2.59. The van der Waals surface area contributed by atoms with Gasteiger partial charge in [0, 0.05) is 6.42 Å². The Labute approximate surface area is 161 Å². The third-order valence-corrected chi connectivity index (χ3v) is 5.45. The molecule has 5 atom stereocenters. The van der Waals surface area contributed by atoms with Gasteiger partial charge in [0.05, 0.1) is 25.0 Å². The minimum absolute atomic E-state index is 0.0966. The van der Waals surface area contributed by atoms with E-state index in [1.807, 2.05) is 11.9 Å². The van der Waals surface area contributed by atoms with Crippen LogP contribution in [0.3, 0.4) is 0 Å². The molecule has 5 N–H and O–H groups in total. The molecule has 11 nitrogen and oxygen atoms in total. The largest absolute Gasteiger partial charge is 0.394 e. The number of hydrogen-bond acceptors (Lipinski definition) is 9. The number of fused-ring (bicyclic) bond motifs is 1. The molecule has 2 aromatic heterocycles. The molecule has 28 heavy (non-hydrogen) atoms. The van der Waals surface area contributed by atoms with Gasteiger partial charge in [0.15, 0.2) is 17.7 Å². The Kier molecular flexibility index (Phi) is 5.40. The first-order valence-corrected chi connectivity index (χ1v) is 9.42. The van der Waals surface area contributed by atoms with Crippen molar-refractivity contribution in [2.45, 2.75) is 49.8 Å². The van der Waals surface area contributed by atoms with Crippen LogP contribution in [0.5, 0.6) is 0 Å². The molecule has 2 aromatic rings. The van der Waals surface area contributed by atoms with Crippen LogP contribution in [0.15, 0.2) is 12.7 Å². The van der Waals surface area contributed by atoms with Gasteiger partial charge in [0.1, 0.15) is 24.1 Å². The van der Waals surface area contributed by atoms with E-state index in [0.29, 0.717) is 17.0 Å². The number of ether oxygens (including phenoxy) is 1. The molecule has 0 radical (unpaired) electrons. The van der Waals surface area contributed by atoms with Gasteiger partial charge >= 0.3 is 0 Å². The van der Waals surface area contributed by atoms with Gasteiger partial charge in [-0.3, -0.25) is 9.69 Å². The van der Waals surface area contributed by atoms with Crippen LogP contribution in [0.25, 0.3) is 11.2 Å². The normalized spacial score (nSPS) is 31.2. The lowest BCUT2D eigenvalue weighted by molar-refractivity contribution is -0.144. The van der Waals surface area contributed by atoms with Gasteiger partial charge in [0.2, 0.25) is 5.91 Å². The summed E-state index contributed by atoms with van der Waals surface area (Å²) < 4.78 is 5.85. The number of H-pyrrole nitrogens is 1. The molecule has 0 bridgehead atoms. The smallest absolute Gasteiger partial charge is 0.237 e. The number of carbonyl (C=O) groups excluding carboxylic acids is 1. The van der Waals surface area contributed by atoms with Crippen LogP contribution in [0.2, 0.25) is 0 Å². The van der Waals surface area contributed by atoms with E-state index in [0.717, 1.165) is 19.4 Å². The summed E-state index contributed by atoms with van der Waals surface area (Å²) >= 11 is 0. The first-order valence-electron chi connectivity index (χ1n) is 9.42. The van der Waals surface area contributed by atoms with E-state index in [2.05, 4.69) is 30.6 Å². The van der Waals surface area contributed by atoms with E-state index in [-0.39, 0.29) is 25.0 Å². The van der Waals surface area contributed by atoms with Gasteiger partial charge in [-0.25, -0.2) is 15.0 Å². The number of aliphatic hydroxyl groups is 2. The summed E-state index contributed by atoms with van der Waals surface area (Å²) in [6, 6.07) is -0.654. The Bertz CT molecular complexity index is 831. The first-order chi connectivity index (χ1) is 13.6. The van der Waals surface area contributed by atoms with Crippen molar-refractivity contribution >= 4 is 22.9 Å². The number of imidazole rings is 1. The zero-order valence-electron chi connectivity index (χ0n) is 15.6. The Balaban J connectivity index is 1.43. The molecule has 2 saturated heterocycles. The number of aromatic amines is 1. The lowest BCUT2D eigenvalue weighted by Gasteiger charge is -2.40. The molecule has 152 valence electrons. The highest BCUT2D eigenvalue weighted by atomic mass is 16.5. The van der Waals surface area contributed by atoms with Crippen LogP contribution in [0.4, 0.5) is 5.82 Å². The van der Waals surface area contributed by atoms with Gasteiger partial charge < -0.3 is 30.6 Å². The van der Waals surface area contributed by atoms with Gasteiger partial charge in [-0.1, -0.05) is 0 Å². The molecular weight excluding hydrogens is 366 g/mol. The summed E-state index contributed by atoms with van der Waals surface area (Å²) in [5.74, 6) is 0.346. The standard InChI is InChI=1S/C17H25N7O4/c1-24-4-2-3-10(24)16(27)22-9-5-11(26)17(28-12(9)6-25)23-15-13-14(19-7-18-13)20-8-21-15/h7-12,17,25-26H,2-6H2,1H3,(H,22,27)(H2,18,19,20,21,23)/t9-,10-,11+,12+,17-/m1/s1. The fourth-order valence-electron chi connectivity index (χ4n) is 3.89. The average Bonchev–Trinajstić information content (AvgIpc) is 3.33. The quantitative estimate of drug-likeness (QED) is 0.424. The highest BCUT2D eigenvalue weighted by molar-refractivity contribution is 5.83. The molecule has 2 aliphatic heterocycles. The van der Waals surface area contributed by atoms with Crippen molar-refractivity contribution in [3.05, 3.63) is 12.7 Å². The number of hydrogen-bond donors (Lipinski definition) is 5. The van der Waals surface area contributed by atoms with E-state index in [9.17, 15) is 15.0 Å². The summed E-state index contributed by atoms with van der Waals surface area (Å²) in [5, 5.41) is 26.3. The predicted octanol–water partition coefficient (Wildman–Crippen LogP) is -1.19. The predicted molar refractivity (Wildman–Crippen MR) is 99.3 cm³/mol. The molecule has 0 unspecified atom stereocenters. The van der Waals surface area contributed by atoms with Crippen molar-refractivity contribution in [2.75, 3.05) is 25.5 Å². The Morgan fingerprint density at radius 1 is 1.43 bits per heavy atom. The zero-order chi connectivity index (χ0) is 19.7. The molecule has 4 rings (SSSR count). The fourth-order valence-corrected chi connectivity index (χ4v) is 3.89. The molecular formula is C17H25N7O4. The van der Waals surface area contributed by atoms with Crippen LogP contribution >= 0.6 is 0 Å². The summed E-state index contributed by atoms with van der Waals surface area (Å²) in [6.07, 6.45) is 2.58. The highest BCUT2D eigenvalue weighted by Gasteiger charge is 2.39. The fraction of sp³-hybridized carbons (Fsp3) is 0.647. The number of aliphatic hydroxyl groups excluding tert-OH is 2. The van der Waals surface area contributed by atoms with E-state index in [4.69, 9.17) is 4.74 Å². The van der Waals surface area contributed by atoms with Crippen molar-refractivity contribution in [1.29, 1.82) is 0 Å². The summed E-state index contributed by atoms with van der Waals surface area (Å²) in [7, 11) is 1.92. The molecule has 2 aliphatic rings. The van der Waals surface area contributed by atoms with E-state index >= 15 is 0 Å². The number of amides is 1. The van der Waals surface area contributed by atoms with Crippen LogP contribution in [-0.2, 0) is 9.53 Å². The number of likely N-dealkylation sites (N-methyl/N-ethyl adjacent to an activating group) is 1. The molecule has 0 aliphatic carbocycles. The van der Waals surface area contributed by atoms with Crippen LogP contribution in [0.1, 0.15) is 19.3 Å². The molecule has 0 saturated carbocycles. The zero-order valence-corrected chi connectivity index (χ0v) is 15.6. The number of nitrogens with one attached hydrogen (secondary N) is 3. The second kappa shape index (κ2) is 7.95. The van der Waals surface area contributed by atoms with Crippen molar-refractivity contribution in [3.8, 4) is 0 Å². The molecule has 11 heteroatoms. The van der Waals surface area contributed by atoms with Gasteiger partial charge in [-0.05, 0) is 26.4 Å². The maximum absolute atomic E-state index is 12.6. The number of likely N-dealkylation sites (tertiary alicyclic amines) is 1. The van der Waals surface area contributed by atoms with Crippen molar-refractivity contribution in [1.82, 2.24) is 30.2 Å². The average molecular weight is 391 g/mol. The monoisotopic (exact) mass is 391 g/mol. The number of carbonyl (C=O) groups is 1. The van der Waals surface area contributed by atoms with Gasteiger partial charge in [-0.15, -0.1) is 0 Å². The molecule has 0 aromatic carbocycles. The Hall–Kier alpha value is -2.34. The highest BCUT2D eigenvalue weighted by Crippen LogP contribution is 2.24. The number of aromatic nitrogens is 4. The summed E-state index contributed by atoms with van der Waals surface area (Å²) in [4.78, 5) is 29.8. The molecule has 1 amide bonds. The van der Waals surface area contributed by atoms with E-state index < -0.39 is 24.5 Å². The van der Waals surface area contributed by atoms with Crippen molar-refractivity contribution < 1.29 is 19.7 Å². The third kappa shape index (κ3) is 3.65. The van der Waals surface area contributed by atoms with Crippen LogP contribution in [-0.4, -0.2) is 91.7 Å². The van der Waals surface area contributed by atoms with Crippen molar-refractivity contribution in [3.63, 3.8) is 0 Å². The minimum Gasteiger partial charge on any atom is -0.394 e. The second-order valence-corrected chi connectivity index (χ2v) is 7.30. The Morgan fingerprint density at radius 3 is 3.04 bits per heavy atom. The van der Waals surface area contributed by atoms with Crippen LogP contribution < -0.4 is 10.6 Å². The first kappa shape index (κ1) is 19.0. The van der Waals surface area contributed by atoms with Crippen LogP contribution in [0, 0.1) is 0 Å². The Morgan fingerprint density at radius 2 is 2.29 bits per heavy atom. The number of nitrogens with zero attached hydrogens (tertiary/aromatic N) is 4.